The number of amides is 2. The molecule has 4 aromatic carbocycles. The molecule has 0 aromatic heterocycles. The highest BCUT2D eigenvalue weighted by Gasteiger charge is 2.05. The van der Waals surface area contributed by atoms with Crippen LogP contribution in [0.1, 0.15) is 11.1 Å². The minimum absolute atomic E-state index is 0.155. The largest absolute Gasteiger partial charge is 0.332 e. The molecule has 4 aromatic rings. The number of thiocarbonyl (C=S) groups is 2. The van der Waals surface area contributed by atoms with Gasteiger partial charge in [0.2, 0.25) is 11.8 Å². The summed E-state index contributed by atoms with van der Waals surface area (Å²) in [4.78, 5) is 26.2. The molecule has 0 bridgehead atoms. The van der Waals surface area contributed by atoms with E-state index in [0.29, 0.717) is 11.1 Å². The Bertz CT molecular complexity index is 1550. The van der Waals surface area contributed by atoms with Crippen molar-refractivity contribution >= 4 is 91.6 Å². The van der Waals surface area contributed by atoms with Crippen LogP contribution in [0.15, 0.2) is 119 Å². The van der Waals surface area contributed by atoms with Crippen LogP contribution >= 0.6 is 46.0 Å². The van der Waals surface area contributed by atoms with Crippen LogP contribution in [0.25, 0.3) is 12.2 Å². The number of anilines is 2. The van der Waals surface area contributed by atoms with E-state index in [1.807, 2.05) is 48.5 Å². The average Bonchev–Trinajstić information content (AvgIpc) is 3.01. The summed E-state index contributed by atoms with van der Waals surface area (Å²) < 4.78 is 26.0. The van der Waals surface area contributed by atoms with E-state index in [-0.39, 0.29) is 21.9 Å². The Morgan fingerprint density at radius 3 is 1.23 bits per heavy atom. The first-order valence-electron chi connectivity index (χ1n) is 12.9. The SMILES string of the molecule is O=C(/C=C\c1ccc(F)cc1)NC(=S)Nc1ccc(SSc2ccc(NC(=S)NC(=O)/C=C\c3ccc(F)cc3)cc2)cc1. The van der Waals surface area contributed by atoms with Crippen LogP contribution in [0.5, 0.6) is 0 Å². The molecule has 4 rings (SSSR count). The number of benzene rings is 4. The first kappa shape index (κ1) is 32.6. The standard InChI is InChI=1S/C32H24F2N4O2S4/c33-23-7-1-21(2-8-23)5-19-29(39)37-31(41)35-25-11-15-27(16-12-25)43-44-28-17-13-26(14-18-28)36-32(42)38-30(40)20-6-22-3-9-24(34)10-4-22/h1-20H,(H2,35,37,39,41)(H2,36,38,40,42)/b19-5-,20-6-. The molecule has 0 aliphatic rings. The van der Waals surface area contributed by atoms with Crippen LogP contribution in [0, 0.1) is 11.6 Å². The molecule has 0 fully saturated rings. The van der Waals surface area contributed by atoms with Gasteiger partial charge in [-0.3, -0.25) is 20.2 Å². The Hall–Kier alpha value is -4.36. The summed E-state index contributed by atoms with van der Waals surface area (Å²) >= 11 is 10.4. The maximum Gasteiger partial charge on any atom is 0.250 e. The molecule has 44 heavy (non-hydrogen) atoms. The number of rotatable bonds is 9. The smallest absolute Gasteiger partial charge is 0.250 e. The van der Waals surface area contributed by atoms with E-state index < -0.39 is 11.8 Å². The molecule has 222 valence electrons. The Labute approximate surface area is 271 Å². The number of nitrogens with one attached hydrogen (secondary N) is 4. The molecule has 0 heterocycles. The summed E-state index contributed by atoms with van der Waals surface area (Å²) in [7, 11) is 3.14. The second-order valence-electron chi connectivity index (χ2n) is 8.87. The molecule has 6 nitrogen and oxygen atoms in total. The summed E-state index contributed by atoms with van der Waals surface area (Å²) in [6.45, 7) is 0. The zero-order valence-electron chi connectivity index (χ0n) is 22.8. The van der Waals surface area contributed by atoms with E-state index >= 15 is 0 Å². The van der Waals surface area contributed by atoms with Gasteiger partial charge in [-0.25, -0.2) is 8.78 Å². The van der Waals surface area contributed by atoms with Crippen LogP contribution < -0.4 is 21.3 Å². The molecule has 0 aliphatic heterocycles. The van der Waals surface area contributed by atoms with Gasteiger partial charge in [-0.05, 0) is 121 Å². The van der Waals surface area contributed by atoms with Gasteiger partial charge < -0.3 is 10.6 Å². The van der Waals surface area contributed by atoms with Crippen molar-refractivity contribution in [2.45, 2.75) is 9.79 Å². The van der Waals surface area contributed by atoms with Crippen LogP contribution in [0.3, 0.4) is 0 Å². The molecule has 0 spiro atoms. The molecule has 0 saturated heterocycles. The predicted molar refractivity (Wildman–Crippen MR) is 184 cm³/mol. The normalized spacial score (nSPS) is 10.9. The van der Waals surface area contributed by atoms with Crippen LogP contribution in [-0.2, 0) is 9.59 Å². The Morgan fingerprint density at radius 1 is 0.545 bits per heavy atom. The minimum Gasteiger partial charge on any atom is -0.332 e. The summed E-state index contributed by atoms with van der Waals surface area (Å²) in [5.41, 5.74) is 2.82. The zero-order valence-corrected chi connectivity index (χ0v) is 26.0. The zero-order chi connectivity index (χ0) is 31.3. The van der Waals surface area contributed by atoms with Gasteiger partial charge in [-0.15, -0.1) is 0 Å². The van der Waals surface area contributed by atoms with Crippen molar-refractivity contribution in [2.75, 3.05) is 10.6 Å². The maximum atomic E-state index is 13.0. The molecule has 2 amide bonds. The lowest BCUT2D eigenvalue weighted by molar-refractivity contribution is -0.115. The lowest BCUT2D eigenvalue weighted by atomic mass is 10.2. The molecule has 12 heteroatoms. The molecule has 0 radical (unpaired) electrons. The first-order valence-corrected chi connectivity index (χ1v) is 15.8. The van der Waals surface area contributed by atoms with Gasteiger partial charge in [0.1, 0.15) is 11.6 Å². The Morgan fingerprint density at radius 2 is 0.886 bits per heavy atom. The summed E-state index contributed by atoms with van der Waals surface area (Å²) in [5.74, 6) is -1.49. The minimum atomic E-state index is -0.404. The molecular weight excluding hydrogens is 639 g/mol. The number of carbonyl (C=O) groups is 2. The first-order chi connectivity index (χ1) is 21.2. The lowest BCUT2D eigenvalue weighted by Crippen LogP contribution is -2.32. The van der Waals surface area contributed by atoms with Crippen molar-refractivity contribution in [3.63, 3.8) is 0 Å². The van der Waals surface area contributed by atoms with E-state index in [0.717, 1.165) is 21.2 Å². The third-order valence-corrected chi connectivity index (χ3v) is 8.35. The van der Waals surface area contributed by atoms with Crippen molar-refractivity contribution in [1.82, 2.24) is 10.6 Å². The van der Waals surface area contributed by atoms with Crippen molar-refractivity contribution in [1.29, 1.82) is 0 Å². The quantitative estimate of drug-likeness (QED) is 0.0821. The fraction of sp³-hybridized carbons (Fsp3) is 0. The van der Waals surface area contributed by atoms with E-state index in [1.165, 1.54) is 36.4 Å². The maximum absolute atomic E-state index is 13.0. The molecular formula is C32H24F2N4O2S4. The topological polar surface area (TPSA) is 82.3 Å². The third kappa shape index (κ3) is 11.4. The van der Waals surface area contributed by atoms with Crippen molar-refractivity contribution < 1.29 is 18.4 Å². The van der Waals surface area contributed by atoms with Gasteiger partial charge in [0, 0.05) is 33.3 Å². The van der Waals surface area contributed by atoms with Gasteiger partial charge in [0.05, 0.1) is 0 Å². The second kappa shape index (κ2) is 16.5. The van der Waals surface area contributed by atoms with Crippen LogP contribution in [-0.4, -0.2) is 22.0 Å². The summed E-state index contributed by atoms with van der Waals surface area (Å²) in [6.07, 6.45) is 5.78. The third-order valence-electron chi connectivity index (χ3n) is 5.53. The molecule has 0 unspecified atom stereocenters. The summed E-state index contributed by atoms with van der Waals surface area (Å²) in [6, 6.07) is 26.7. The number of halogens is 2. The van der Waals surface area contributed by atoms with Gasteiger partial charge in [0.25, 0.3) is 0 Å². The molecule has 0 saturated carbocycles. The number of hydrogen-bond donors (Lipinski definition) is 4. The molecule has 4 N–H and O–H groups in total. The average molecular weight is 663 g/mol. The highest BCUT2D eigenvalue weighted by molar-refractivity contribution is 8.76. The van der Waals surface area contributed by atoms with Gasteiger partial charge in [0.15, 0.2) is 10.2 Å². The Balaban J connectivity index is 1.17. The van der Waals surface area contributed by atoms with E-state index in [1.54, 1.807) is 58.0 Å². The van der Waals surface area contributed by atoms with Gasteiger partial charge >= 0.3 is 0 Å². The van der Waals surface area contributed by atoms with E-state index in [2.05, 4.69) is 21.3 Å². The highest BCUT2D eigenvalue weighted by atomic mass is 33.1. The van der Waals surface area contributed by atoms with E-state index in [4.69, 9.17) is 24.4 Å². The molecule has 0 aliphatic carbocycles. The van der Waals surface area contributed by atoms with Gasteiger partial charge in [-0.1, -0.05) is 45.9 Å². The fourth-order valence-corrected chi connectivity index (χ4v) is 5.78. The second-order valence-corrected chi connectivity index (χ2v) is 12.0. The predicted octanol–water partition coefficient (Wildman–Crippen LogP) is 7.82. The van der Waals surface area contributed by atoms with Crippen LogP contribution in [0.2, 0.25) is 0 Å². The fourth-order valence-electron chi connectivity index (χ4n) is 3.41. The van der Waals surface area contributed by atoms with Crippen molar-refractivity contribution in [2.24, 2.45) is 0 Å². The lowest BCUT2D eigenvalue weighted by Gasteiger charge is -2.10. The highest BCUT2D eigenvalue weighted by Crippen LogP contribution is 2.38. The van der Waals surface area contributed by atoms with Crippen molar-refractivity contribution in [3.05, 3.63) is 132 Å². The number of carbonyl (C=O) groups excluding carboxylic acids is 2. The Kier molecular flexibility index (Phi) is 12.2. The monoisotopic (exact) mass is 662 g/mol. The van der Waals surface area contributed by atoms with Crippen LogP contribution in [0.4, 0.5) is 20.2 Å². The molecule has 0 atom stereocenters. The number of hydrogen-bond acceptors (Lipinski definition) is 6. The van der Waals surface area contributed by atoms with Gasteiger partial charge in [-0.2, -0.15) is 0 Å². The van der Waals surface area contributed by atoms with Crippen molar-refractivity contribution in [3.8, 4) is 0 Å². The summed E-state index contributed by atoms with van der Waals surface area (Å²) in [5, 5.41) is 11.4. The van der Waals surface area contributed by atoms with E-state index in [9.17, 15) is 18.4 Å².